The van der Waals surface area contributed by atoms with Crippen molar-refractivity contribution >= 4 is 22.1 Å². The minimum Gasteiger partial charge on any atom is -0.344 e. The van der Waals surface area contributed by atoms with Crippen molar-refractivity contribution in [2.75, 3.05) is 11.9 Å². The molecule has 0 unspecified atom stereocenters. The highest BCUT2D eigenvalue weighted by molar-refractivity contribution is 5.95. The van der Waals surface area contributed by atoms with Crippen molar-refractivity contribution in [1.29, 1.82) is 0 Å². The molecule has 4 nitrogen and oxygen atoms in total. The van der Waals surface area contributed by atoms with E-state index in [0.717, 1.165) is 28.5 Å². The van der Waals surface area contributed by atoms with E-state index in [1.165, 1.54) is 22.0 Å². The third kappa shape index (κ3) is 4.25. The maximum atomic E-state index is 4.93. The lowest BCUT2D eigenvalue weighted by atomic mass is 10.1. The van der Waals surface area contributed by atoms with Crippen molar-refractivity contribution in [3.8, 4) is 22.8 Å². The molecule has 0 saturated carbocycles. The van der Waals surface area contributed by atoms with Crippen LogP contribution in [0.5, 0.6) is 0 Å². The zero-order valence-corrected chi connectivity index (χ0v) is 20.1. The van der Waals surface area contributed by atoms with Crippen LogP contribution in [0.3, 0.4) is 0 Å². The molecule has 0 radical (unpaired) electrons. The molecule has 0 aliphatic heterocycles. The summed E-state index contributed by atoms with van der Waals surface area (Å²) in [4.78, 5) is 7.18. The van der Waals surface area contributed by atoms with Gasteiger partial charge in [-0.1, -0.05) is 109 Å². The molecule has 0 N–H and O–H groups in total. The second kappa shape index (κ2) is 9.51. The zero-order valence-electron chi connectivity index (χ0n) is 20.1. The Hall–Kier alpha value is -4.70. The van der Waals surface area contributed by atoms with Gasteiger partial charge in [0.15, 0.2) is 11.6 Å². The number of nitrogens with zero attached hydrogens (tertiary/aromatic N) is 4. The number of aromatic nitrogens is 3. The fraction of sp³-hybridized carbons (Fsp3) is 0.0625. The summed E-state index contributed by atoms with van der Waals surface area (Å²) < 4.78 is 2.01. The van der Waals surface area contributed by atoms with E-state index >= 15 is 0 Å². The minimum atomic E-state index is 0.626. The van der Waals surface area contributed by atoms with Gasteiger partial charge in [-0.3, -0.25) is 0 Å². The van der Waals surface area contributed by atoms with Gasteiger partial charge < -0.3 is 4.90 Å². The minimum absolute atomic E-state index is 0.626. The van der Waals surface area contributed by atoms with Gasteiger partial charge in [0.25, 0.3) is 0 Å². The third-order valence-corrected chi connectivity index (χ3v) is 6.49. The SMILES string of the molecule is CN(c1cccc(Cn2nc(-c3ccccc3)nc2-c2ccccc2)c1)c1cccc2ccccc12. The van der Waals surface area contributed by atoms with Gasteiger partial charge in [-0.25, -0.2) is 9.67 Å². The van der Waals surface area contributed by atoms with E-state index in [-0.39, 0.29) is 0 Å². The van der Waals surface area contributed by atoms with Gasteiger partial charge in [0, 0.05) is 34.9 Å². The fourth-order valence-electron chi connectivity index (χ4n) is 4.64. The fourth-order valence-corrected chi connectivity index (χ4v) is 4.64. The first kappa shape index (κ1) is 21.8. The maximum absolute atomic E-state index is 4.93. The van der Waals surface area contributed by atoms with Gasteiger partial charge in [-0.15, -0.1) is 0 Å². The van der Waals surface area contributed by atoms with Crippen LogP contribution in [0.15, 0.2) is 127 Å². The second-order valence-corrected chi connectivity index (χ2v) is 8.88. The highest BCUT2D eigenvalue weighted by Crippen LogP contribution is 2.32. The first-order valence-electron chi connectivity index (χ1n) is 12.1. The number of benzene rings is 5. The van der Waals surface area contributed by atoms with Gasteiger partial charge in [-0.2, -0.15) is 5.10 Å². The summed E-state index contributed by atoms with van der Waals surface area (Å²) in [7, 11) is 2.12. The Bertz CT molecular complexity index is 1620. The van der Waals surface area contributed by atoms with Crippen molar-refractivity contribution < 1.29 is 0 Å². The van der Waals surface area contributed by atoms with Gasteiger partial charge in [0.1, 0.15) is 0 Å². The van der Waals surface area contributed by atoms with Crippen molar-refractivity contribution in [3.63, 3.8) is 0 Å². The van der Waals surface area contributed by atoms with Crippen LogP contribution in [0, 0.1) is 0 Å². The molecule has 0 bridgehead atoms. The van der Waals surface area contributed by atoms with E-state index in [1.807, 2.05) is 53.2 Å². The molecular formula is C32H26N4. The summed E-state index contributed by atoms with van der Waals surface area (Å²) in [6.45, 7) is 0.626. The van der Waals surface area contributed by atoms with Crippen LogP contribution >= 0.6 is 0 Å². The Morgan fingerprint density at radius 2 is 1.33 bits per heavy atom. The highest BCUT2D eigenvalue weighted by atomic mass is 15.3. The molecule has 0 saturated heterocycles. The van der Waals surface area contributed by atoms with E-state index in [9.17, 15) is 0 Å². The molecule has 4 heteroatoms. The molecule has 1 aromatic heterocycles. The van der Waals surface area contributed by atoms with E-state index < -0.39 is 0 Å². The van der Waals surface area contributed by atoms with Crippen LogP contribution in [0.4, 0.5) is 11.4 Å². The van der Waals surface area contributed by atoms with Crippen LogP contribution in [0.2, 0.25) is 0 Å². The highest BCUT2D eigenvalue weighted by Gasteiger charge is 2.15. The Balaban J connectivity index is 1.37. The van der Waals surface area contributed by atoms with Crippen LogP contribution in [0.1, 0.15) is 5.56 Å². The van der Waals surface area contributed by atoms with Crippen LogP contribution in [-0.4, -0.2) is 21.8 Å². The topological polar surface area (TPSA) is 34.0 Å². The lowest BCUT2D eigenvalue weighted by molar-refractivity contribution is 0.695. The first-order chi connectivity index (χ1) is 17.8. The quantitative estimate of drug-likeness (QED) is 0.254. The summed E-state index contributed by atoms with van der Waals surface area (Å²) >= 11 is 0. The molecule has 36 heavy (non-hydrogen) atoms. The van der Waals surface area contributed by atoms with Gasteiger partial charge in [0.05, 0.1) is 6.54 Å². The molecule has 0 amide bonds. The molecule has 174 valence electrons. The zero-order chi connectivity index (χ0) is 24.3. The number of anilines is 2. The van der Waals surface area contributed by atoms with Crippen molar-refractivity contribution in [3.05, 3.63) is 133 Å². The molecule has 0 atom stereocenters. The number of fused-ring (bicyclic) bond motifs is 1. The Morgan fingerprint density at radius 1 is 0.667 bits per heavy atom. The molecule has 0 aliphatic carbocycles. The smallest absolute Gasteiger partial charge is 0.181 e. The van der Waals surface area contributed by atoms with E-state index in [1.54, 1.807) is 0 Å². The van der Waals surface area contributed by atoms with E-state index in [0.29, 0.717) is 6.54 Å². The van der Waals surface area contributed by atoms with Gasteiger partial charge in [-0.05, 0) is 29.1 Å². The maximum Gasteiger partial charge on any atom is 0.181 e. The normalized spacial score (nSPS) is 11.0. The van der Waals surface area contributed by atoms with Crippen molar-refractivity contribution in [1.82, 2.24) is 14.8 Å². The second-order valence-electron chi connectivity index (χ2n) is 8.88. The summed E-state index contributed by atoms with van der Waals surface area (Å²) in [5, 5.41) is 7.39. The van der Waals surface area contributed by atoms with Gasteiger partial charge >= 0.3 is 0 Å². The standard InChI is InChI=1S/C32H26N4/c1-35(30-21-11-18-25-13-8-9-20-29(25)30)28-19-10-12-24(22-28)23-36-32(27-16-6-3-7-17-27)33-31(34-36)26-14-4-2-5-15-26/h2-22H,23H2,1H3. The number of hydrogen-bond donors (Lipinski definition) is 0. The van der Waals surface area contributed by atoms with Gasteiger partial charge in [0.2, 0.25) is 0 Å². The third-order valence-electron chi connectivity index (χ3n) is 6.49. The lowest BCUT2D eigenvalue weighted by Crippen LogP contribution is -2.11. The lowest BCUT2D eigenvalue weighted by Gasteiger charge is -2.22. The summed E-state index contributed by atoms with van der Waals surface area (Å²) in [5.41, 5.74) is 5.55. The molecule has 1 heterocycles. The van der Waals surface area contributed by atoms with Crippen molar-refractivity contribution in [2.24, 2.45) is 0 Å². The van der Waals surface area contributed by atoms with Crippen molar-refractivity contribution in [2.45, 2.75) is 6.54 Å². The van der Waals surface area contributed by atoms with Crippen LogP contribution in [-0.2, 0) is 6.54 Å². The molecule has 0 spiro atoms. The van der Waals surface area contributed by atoms with Crippen LogP contribution < -0.4 is 4.90 Å². The van der Waals surface area contributed by atoms with Crippen LogP contribution in [0.25, 0.3) is 33.5 Å². The first-order valence-corrected chi connectivity index (χ1v) is 12.1. The largest absolute Gasteiger partial charge is 0.344 e. The average molecular weight is 467 g/mol. The average Bonchev–Trinajstić information content (AvgIpc) is 3.37. The summed E-state index contributed by atoms with van der Waals surface area (Å²) in [6.07, 6.45) is 0. The number of rotatable bonds is 6. The summed E-state index contributed by atoms with van der Waals surface area (Å²) in [5.74, 6) is 1.60. The Labute approximate surface area is 211 Å². The summed E-state index contributed by atoms with van der Waals surface area (Å²) in [6, 6.07) is 44.0. The van der Waals surface area contributed by atoms with E-state index in [4.69, 9.17) is 10.1 Å². The Kier molecular flexibility index (Phi) is 5.76. The molecule has 6 rings (SSSR count). The Morgan fingerprint density at radius 3 is 2.14 bits per heavy atom. The monoisotopic (exact) mass is 466 g/mol. The predicted molar refractivity (Wildman–Crippen MR) is 148 cm³/mol. The number of hydrogen-bond acceptors (Lipinski definition) is 3. The molecular weight excluding hydrogens is 440 g/mol. The van der Waals surface area contributed by atoms with E-state index in [2.05, 4.69) is 90.8 Å². The predicted octanol–water partition coefficient (Wildman–Crippen LogP) is 7.58. The molecule has 0 aliphatic rings. The molecule has 6 aromatic rings. The molecule has 0 fully saturated rings. The molecule has 5 aromatic carbocycles.